The monoisotopic (exact) mass is 210 g/mol. The maximum atomic E-state index is 11.0. The van der Waals surface area contributed by atoms with E-state index >= 15 is 0 Å². The molecule has 1 amide bonds. The fraction of sp³-hybridized carbons (Fsp3) is 0.500. The van der Waals surface area contributed by atoms with Gasteiger partial charge in [0.15, 0.2) is 0 Å². The molecule has 1 aromatic rings. The Labute approximate surface area is 87.1 Å². The first-order chi connectivity index (χ1) is 6.70. The second-order valence-corrected chi connectivity index (χ2v) is 4.77. The van der Waals surface area contributed by atoms with E-state index in [1.54, 1.807) is 11.3 Å². The maximum Gasteiger partial charge on any atom is 0.220 e. The van der Waals surface area contributed by atoms with Gasteiger partial charge in [0.25, 0.3) is 0 Å². The van der Waals surface area contributed by atoms with Gasteiger partial charge >= 0.3 is 0 Å². The average molecular weight is 210 g/mol. The summed E-state index contributed by atoms with van der Waals surface area (Å²) in [5.74, 6) is 0.0477. The maximum absolute atomic E-state index is 11.0. The van der Waals surface area contributed by atoms with Crippen molar-refractivity contribution in [2.75, 3.05) is 0 Å². The number of hydrogen-bond acceptors (Lipinski definition) is 3. The number of rotatable bonds is 3. The van der Waals surface area contributed by atoms with Gasteiger partial charge in [0.2, 0.25) is 5.91 Å². The third kappa shape index (κ3) is 1.55. The fourth-order valence-corrected chi connectivity index (χ4v) is 2.80. The summed E-state index contributed by atoms with van der Waals surface area (Å²) in [6.45, 7) is 0. The highest BCUT2D eigenvalue weighted by atomic mass is 32.1. The van der Waals surface area contributed by atoms with E-state index in [2.05, 4.69) is 0 Å². The molecule has 2 rings (SSSR count). The topological polar surface area (TPSA) is 69.1 Å². The molecule has 4 N–H and O–H groups in total. The molecule has 4 heteroatoms. The summed E-state index contributed by atoms with van der Waals surface area (Å²) >= 11 is 1.65. The van der Waals surface area contributed by atoms with E-state index in [1.165, 1.54) is 0 Å². The standard InChI is InChI=1S/C10H14N2OS/c11-9(8-2-1-5-14-8)6-3-4-7(6)10(12)13/h1-2,5-7,9H,3-4,11H2,(H2,12,13). The number of hydrogen-bond donors (Lipinski definition) is 2. The van der Waals surface area contributed by atoms with Crippen LogP contribution >= 0.6 is 11.3 Å². The van der Waals surface area contributed by atoms with E-state index in [0.717, 1.165) is 17.7 Å². The van der Waals surface area contributed by atoms with Crippen LogP contribution in [0.5, 0.6) is 0 Å². The molecular formula is C10H14N2OS. The van der Waals surface area contributed by atoms with Gasteiger partial charge in [-0.2, -0.15) is 0 Å². The van der Waals surface area contributed by atoms with Crippen LogP contribution in [0.15, 0.2) is 17.5 Å². The zero-order valence-electron chi connectivity index (χ0n) is 7.85. The molecule has 0 radical (unpaired) electrons. The molecule has 0 aromatic carbocycles. The number of primary amides is 1. The molecule has 1 saturated carbocycles. The molecule has 3 atom stereocenters. The molecule has 14 heavy (non-hydrogen) atoms. The van der Waals surface area contributed by atoms with E-state index in [1.807, 2.05) is 17.5 Å². The van der Waals surface area contributed by atoms with Gasteiger partial charge in [-0.1, -0.05) is 6.07 Å². The molecule has 0 saturated heterocycles. The highest BCUT2D eigenvalue weighted by Gasteiger charge is 2.39. The van der Waals surface area contributed by atoms with Crippen LogP contribution in [0.4, 0.5) is 0 Å². The van der Waals surface area contributed by atoms with E-state index < -0.39 is 0 Å². The van der Waals surface area contributed by atoms with E-state index in [9.17, 15) is 4.79 Å². The number of carbonyl (C=O) groups is 1. The van der Waals surface area contributed by atoms with Gasteiger partial charge in [-0.15, -0.1) is 11.3 Å². The first-order valence-corrected chi connectivity index (χ1v) is 5.66. The van der Waals surface area contributed by atoms with Crippen molar-refractivity contribution in [2.24, 2.45) is 23.3 Å². The Morgan fingerprint density at radius 3 is 2.79 bits per heavy atom. The summed E-state index contributed by atoms with van der Waals surface area (Å²) in [4.78, 5) is 12.2. The lowest BCUT2D eigenvalue weighted by atomic mass is 9.69. The van der Waals surface area contributed by atoms with Crippen molar-refractivity contribution in [3.8, 4) is 0 Å². The molecule has 76 valence electrons. The predicted octanol–water partition coefficient (Wildman–Crippen LogP) is 1.26. The lowest BCUT2D eigenvalue weighted by molar-refractivity contribution is -0.127. The lowest BCUT2D eigenvalue weighted by Gasteiger charge is -2.38. The lowest BCUT2D eigenvalue weighted by Crippen LogP contribution is -2.42. The summed E-state index contributed by atoms with van der Waals surface area (Å²) in [6, 6.07) is 3.99. The Balaban J connectivity index is 2.06. The summed E-state index contributed by atoms with van der Waals surface area (Å²) in [7, 11) is 0. The zero-order chi connectivity index (χ0) is 10.1. The largest absolute Gasteiger partial charge is 0.369 e. The molecular weight excluding hydrogens is 196 g/mol. The molecule has 3 unspecified atom stereocenters. The average Bonchev–Trinajstić information content (AvgIpc) is 2.51. The molecule has 3 nitrogen and oxygen atoms in total. The Morgan fingerprint density at radius 1 is 1.57 bits per heavy atom. The number of nitrogens with two attached hydrogens (primary N) is 2. The van der Waals surface area contributed by atoms with Gasteiger partial charge in [0, 0.05) is 16.8 Å². The van der Waals surface area contributed by atoms with Crippen molar-refractivity contribution in [1.29, 1.82) is 0 Å². The smallest absolute Gasteiger partial charge is 0.220 e. The highest BCUT2D eigenvalue weighted by Crippen LogP contribution is 2.42. The van der Waals surface area contributed by atoms with Crippen LogP contribution in [0.3, 0.4) is 0 Å². The van der Waals surface area contributed by atoms with E-state index in [0.29, 0.717) is 0 Å². The van der Waals surface area contributed by atoms with Crippen molar-refractivity contribution in [3.05, 3.63) is 22.4 Å². The van der Waals surface area contributed by atoms with Crippen molar-refractivity contribution >= 4 is 17.2 Å². The summed E-state index contributed by atoms with van der Waals surface area (Å²) in [5.41, 5.74) is 11.4. The van der Waals surface area contributed by atoms with E-state index in [-0.39, 0.29) is 23.8 Å². The minimum atomic E-state index is -0.201. The fourth-order valence-electron chi connectivity index (χ4n) is 2.00. The van der Waals surface area contributed by atoms with Gasteiger partial charge in [0.05, 0.1) is 0 Å². The third-order valence-electron chi connectivity index (χ3n) is 3.03. The van der Waals surface area contributed by atoms with Gasteiger partial charge in [-0.25, -0.2) is 0 Å². The Kier molecular flexibility index (Phi) is 2.56. The number of amides is 1. The number of thiophene rings is 1. The van der Waals surface area contributed by atoms with Crippen LogP contribution < -0.4 is 11.5 Å². The quantitative estimate of drug-likeness (QED) is 0.788. The molecule has 1 aliphatic carbocycles. The second-order valence-electron chi connectivity index (χ2n) is 3.79. The van der Waals surface area contributed by atoms with Gasteiger partial charge in [0.1, 0.15) is 0 Å². The minimum absolute atomic E-state index is 0.00731. The molecule has 0 bridgehead atoms. The van der Waals surface area contributed by atoms with Crippen molar-refractivity contribution in [1.82, 2.24) is 0 Å². The highest BCUT2D eigenvalue weighted by molar-refractivity contribution is 7.10. The van der Waals surface area contributed by atoms with Crippen LogP contribution in [-0.2, 0) is 4.79 Å². The van der Waals surface area contributed by atoms with Crippen LogP contribution in [0, 0.1) is 11.8 Å². The van der Waals surface area contributed by atoms with Crippen molar-refractivity contribution in [3.63, 3.8) is 0 Å². The van der Waals surface area contributed by atoms with Crippen LogP contribution in [0.2, 0.25) is 0 Å². The molecule has 1 heterocycles. The van der Waals surface area contributed by atoms with Crippen LogP contribution in [0.25, 0.3) is 0 Å². The molecule has 0 aliphatic heterocycles. The minimum Gasteiger partial charge on any atom is -0.369 e. The molecule has 1 aliphatic rings. The van der Waals surface area contributed by atoms with E-state index in [4.69, 9.17) is 11.5 Å². The van der Waals surface area contributed by atoms with Crippen LogP contribution in [-0.4, -0.2) is 5.91 Å². The molecule has 0 spiro atoms. The Hall–Kier alpha value is -0.870. The van der Waals surface area contributed by atoms with Crippen molar-refractivity contribution in [2.45, 2.75) is 18.9 Å². The van der Waals surface area contributed by atoms with Crippen molar-refractivity contribution < 1.29 is 4.79 Å². The van der Waals surface area contributed by atoms with Gasteiger partial charge in [-0.05, 0) is 30.2 Å². The Bertz CT molecular complexity index is 323. The third-order valence-corrected chi connectivity index (χ3v) is 4.00. The zero-order valence-corrected chi connectivity index (χ0v) is 8.67. The van der Waals surface area contributed by atoms with Gasteiger partial charge < -0.3 is 11.5 Å². The summed E-state index contributed by atoms with van der Waals surface area (Å²) < 4.78 is 0. The summed E-state index contributed by atoms with van der Waals surface area (Å²) in [5, 5.41) is 2.01. The van der Waals surface area contributed by atoms with Crippen LogP contribution in [0.1, 0.15) is 23.8 Å². The predicted molar refractivity (Wildman–Crippen MR) is 56.7 cm³/mol. The molecule has 1 aromatic heterocycles. The first-order valence-electron chi connectivity index (χ1n) is 4.78. The van der Waals surface area contributed by atoms with Gasteiger partial charge in [-0.3, -0.25) is 4.79 Å². The normalized spacial score (nSPS) is 28.1. The first kappa shape index (κ1) is 9.68. The summed E-state index contributed by atoms with van der Waals surface area (Å²) in [6.07, 6.45) is 1.92. The SMILES string of the molecule is NC(=O)C1CCC1C(N)c1cccs1. The molecule has 1 fully saturated rings. The number of carbonyl (C=O) groups excluding carboxylic acids is 1. The second kappa shape index (κ2) is 3.71. The Morgan fingerprint density at radius 2 is 2.36 bits per heavy atom.